The average molecular weight is 254 g/mol. The van der Waals surface area contributed by atoms with Crippen molar-refractivity contribution in [3.05, 3.63) is 35.4 Å². The van der Waals surface area contributed by atoms with Crippen LogP contribution in [0.1, 0.15) is 30.6 Å². The lowest BCUT2D eigenvalue weighted by Gasteiger charge is -2.34. The van der Waals surface area contributed by atoms with Crippen molar-refractivity contribution >= 4 is 5.91 Å². The van der Waals surface area contributed by atoms with Crippen LogP contribution in [0.2, 0.25) is 0 Å². The van der Waals surface area contributed by atoms with Gasteiger partial charge in [0.1, 0.15) is 11.6 Å². The molecule has 1 amide bonds. The molecule has 2 rings (SSSR count). The van der Waals surface area contributed by atoms with E-state index >= 15 is 0 Å². The molecule has 0 saturated carbocycles. The number of hydrogen-bond donors (Lipinski definition) is 1. The SMILES string of the molecule is CC1(C)C(N)CCN1C(=O)c1ccc(F)cc1F. The Balaban J connectivity index is 2.32. The van der Waals surface area contributed by atoms with Crippen LogP contribution in [0.4, 0.5) is 8.78 Å². The second kappa shape index (κ2) is 4.31. The second-order valence-electron chi connectivity index (χ2n) is 5.13. The number of carbonyl (C=O) groups is 1. The Kier molecular flexibility index (Phi) is 3.11. The van der Waals surface area contributed by atoms with Gasteiger partial charge in [0.05, 0.1) is 11.1 Å². The van der Waals surface area contributed by atoms with Crippen LogP contribution in [0.15, 0.2) is 18.2 Å². The van der Waals surface area contributed by atoms with Gasteiger partial charge < -0.3 is 10.6 Å². The number of nitrogens with two attached hydrogens (primary N) is 1. The van der Waals surface area contributed by atoms with Crippen molar-refractivity contribution in [2.75, 3.05) is 6.54 Å². The van der Waals surface area contributed by atoms with Crippen molar-refractivity contribution < 1.29 is 13.6 Å². The number of benzene rings is 1. The monoisotopic (exact) mass is 254 g/mol. The van der Waals surface area contributed by atoms with Gasteiger partial charge in [-0.1, -0.05) is 0 Å². The van der Waals surface area contributed by atoms with Crippen molar-refractivity contribution in [2.45, 2.75) is 31.8 Å². The van der Waals surface area contributed by atoms with Crippen molar-refractivity contribution in [1.82, 2.24) is 4.90 Å². The normalized spacial score (nSPS) is 22.3. The Morgan fingerprint density at radius 2 is 2.11 bits per heavy atom. The lowest BCUT2D eigenvalue weighted by Crippen LogP contribution is -2.51. The minimum absolute atomic E-state index is 0.112. The molecule has 1 saturated heterocycles. The Morgan fingerprint density at radius 1 is 1.44 bits per heavy atom. The maximum absolute atomic E-state index is 13.6. The number of carbonyl (C=O) groups excluding carboxylic acids is 1. The van der Waals surface area contributed by atoms with Gasteiger partial charge in [-0.05, 0) is 32.4 Å². The van der Waals surface area contributed by atoms with Gasteiger partial charge in [0.2, 0.25) is 0 Å². The molecule has 0 spiro atoms. The van der Waals surface area contributed by atoms with E-state index in [9.17, 15) is 13.6 Å². The number of halogens is 2. The maximum atomic E-state index is 13.6. The van der Waals surface area contributed by atoms with Gasteiger partial charge in [0.15, 0.2) is 0 Å². The van der Waals surface area contributed by atoms with Gasteiger partial charge in [-0.2, -0.15) is 0 Å². The van der Waals surface area contributed by atoms with Crippen LogP contribution in [-0.2, 0) is 0 Å². The minimum Gasteiger partial charge on any atom is -0.332 e. The van der Waals surface area contributed by atoms with E-state index in [-0.39, 0.29) is 11.6 Å². The highest BCUT2D eigenvalue weighted by molar-refractivity contribution is 5.95. The minimum atomic E-state index is -0.837. The smallest absolute Gasteiger partial charge is 0.257 e. The fourth-order valence-corrected chi connectivity index (χ4v) is 2.28. The number of nitrogens with zero attached hydrogens (tertiary/aromatic N) is 1. The molecule has 1 aliphatic rings. The zero-order chi connectivity index (χ0) is 13.5. The summed E-state index contributed by atoms with van der Waals surface area (Å²) >= 11 is 0. The largest absolute Gasteiger partial charge is 0.332 e. The van der Waals surface area contributed by atoms with Crippen molar-refractivity contribution in [2.24, 2.45) is 5.73 Å². The molecule has 3 nitrogen and oxygen atoms in total. The van der Waals surface area contributed by atoms with Crippen molar-refractivity contribution in [3.63, 3.8) is 0 Å². The predicted octanol–water partition coefficient (Wildman–Crippen LogP) is 1.92. The third-order valence-corrected chi connectivity index (χ3v) is 3.67. The Hall–Kier alpha value is -1.49. The number of amides is 1. The van der Waals surface area contributed by atoms with Crippen LogP contribution in [0.5, 0.6) is 0 Å². The predicted molar refractivity (Wildman–Crippen MR) is 64.1 cm³/mol. The summed E-state index contributed by atoms with van der Waals surface area (Å²) in [4.78, 5) is 13.8. The molecule has 98 valence electrons. The van der Waals surface area contributed by atoms with Gasteiger partial charge in [0, 0.05) is 18.7 Å². The van der Waals surface area contributed by atoms with E-state index in [1.807, 2.05) is 13.8 Å². The zero-order valence-electron chi connectivity index (χ0n) is 10.4. The number of hydrogen-bond acceptors (Lipinski definition) is 2. The number of likely N-dealkylation sites (tertiary alicyclic amines) is 1. The molecule has 1 fully saturated rings. The van der Waals surface area contributed by atoms with Crippen LogP contribution in [-0.4, -0.2) is 28.9 Å². The summed E-state index contributed by atoms with van der Waals surface area (Å²) in [5.41, 5.74) is 5.30. The highest BCUT2D eigenvalue weighted by Crippen LogP contribution is 2.29. The second-order valence-corrected chi connectivity index (χ2v) is 5.13. The van der Waals surface area contributed by atoms with Crippen LogP contribution < -0.4 is 5.73 Å². The molecule has 1 aromatic carbocycles. The Labute approximate surface area is 105 Å². The van der Waals surface area contributed by atoms with Crippen LogP contribution in [0.25, 0.3) is 0 Å². The molecule has 0 radical (unpaired) electrons. The fraction of sp³-hybridized carbons (Fsp3) is 0.462. The molecule has 0 aromatic heterocycles. The van der Waals surface area contributed by atoms with Crippen LogP contribution in [0, 0.1) is 11.6 Å². The lowest BCUT2D eigenvalue weighted by molar-refractivity contribution is 0.0632. The first-order valence-corrected chi connectivity index (χ1v) is 5.86. The fourth-order valence-electron chi connectivity index (χ4n) is 2.28. The molecule has 1 aromatic rings. The summed E-state index contributed by atoms with van der Waals surface area (Å²) in [6.45, 7) is 4.19. The summed E-state index contributed by atoms with van der Waals surface area (Å²) in [6.07, 6.45) is 0.682. The standard InChI is InChI=1S/C13H16F2N2O/c1-13(2)11(16)5-6-17(13)12(18)9-4-3-8(14)7-10(9)15/h3-4,7,11H,5-6,16H2,1-2H3. The first-order valence-electron chi connectivity index (χ1n) is 5.86. The summed E-state index contributed by atoms with van der Waals surface area (Å²) in [5, 5.41) is 0. The third-order valence-electron chi connectivity index (χ3n) is 3.67. The average Bonchev–Trinajstić information content (AvgIpc) is 2.53. The molecule has 1 heterocycles. The summed E-state index contributed by atoms with van der Waals surface area (Å²) < 4.78 is 26.4. The van der Waals surface area contributed by atoms with Crippen LogP contribution >= 0.6 is 0 Å². The molecule has 2 N–H and O–H groups in total. The van der Waals surface area contributed by atoms with Crippen LogP contribution in [0.3, 0.4) is 0 Å². The first kappa shape index (κ1) is 13.0. The Bertz CT molecular complexity index is 488. The van der Waals surface area contributed by atoms with E-state index in [2.05, 4.69) is 0 Å². The van der Waals surface area contributed by atoms with Gasteiger partial charge in [0.25, 0.3) is 5.91 Å². The molecule has 18 heavy (non-hydrogen) atoms. The van der Waals surface area contributed by atoms with Gasteiger partial charge >= 0.3 is 0 Å². The molecule has 1 atom stereocenters. The van der Waals surface area contributed by atoms with E-state index in [0.29, 0.717) is 13.0 Å². The van der Waals surface area contributed by atoms with E-state index in [1.54, 1.807) is 4.90 Å². The van der Waals surface area contributed by atoms with Gasteiger partial charge in [-0.3, -0.25) is 4.79 Å². The summed E-state index contributed by atoms with van der Waals surface area (Å²) in [5.74, 6) is -1.97. The molecular formula is C13H16F2N2O. The quantitative estimate of drug-likeness (QED) is 0.832. The van der Waals surface area contributed by atoms with Crippen molar-refractivity contribution in [1.29, 1.82) is 0 Å². The van der Waals surface area contributed by atoms with E-state index in [4.69, 9.17) is 5.73 Å². The molecule has 0 bridgehead atoms. The third kappa shape index (κ3) is 1.99. The lowest BCUT2D eigenvalue weighted by atomic mass is 9.96. The van der Waals surface area contributed by atoms with E-state index < -0.39 is 23.1 Å². The maximum Gasteiger partial charge on any atom is 0.257 e. The molecule has 0 aliphatic carbocycles. The summed E-state index contributed by atoms with van der Waals surface area (Å²) in [6, 6.07) is 2.84. The molecule has 1 aliphatic heterocycles. The molecule has 1 unspecified atom stereocenters. The Morgan fingerprint density at radius 3 is 2.61 bits per heavy atom. The number of rotatable bonds is 1. The summed E-state index contributed by atoms with van der Waals surface area (Å²) in [7, 11) is 0. The van der Waals surface area contributed by atoms with E-state index in [0.717, 1.165) is 12.1 Å². The van der Waals surface area contributed by atoms with Gasteiger partial charge in [-0.15, -0.1) is 0 Å². The molecular weight excluding hydrogens is 238 g/mol. The van der Waals surface area contributed by atoms with Gasteiger partial charge in [-0.25, -0.2) is 8.78 Å². The highest BCUT2D eigenvalue weighted by Gasteiger charge is 2.42. The highest BCUT2D eigenvalue weighted by atomic mass is 19.1. The van der Waals surface area contributed by atoms with E-state index in [1.165, 1.54) is 6.07 Å². The zero-order valence-corrected chi connectivity index (χ0v) is 10.4. The first-order chi connectivity index (χ1) is 8.34. The molecule has 5 heteroatoms. The van der Waals surface area contributed by atoms with Crippen molar-refractivity contribution in [3.8, 4) is 0 Å². The topological polar surface area (TPSA) is 46.3 Å².